The molecule has 0 aromatic heterocycles. The Bertz CT molecular complexity index is 450. The fourth-order valence-corrected chi connectivity index (χ4v) is 3.52. The van der Waals surface area contributed by atoms with Crippen LogP contribution in [-0.2, 0) is 19.1 Å². The lowest BCUT2D eigenvalue weighted by molar-refractivity contribution is -0.141. The van der Waals surface area contributed by atoms with Crippen molar-refractivity contribution in [1.82, 2.24) is 10.2 Å². The van der Waals surface area contributed by atoms with Gasteiger partial charge in [0.2, 0.25) is 6.41 Å². The number of amides is 1. The molecule has 1 saturated heterocycles. The number of aliphatic carboxylic acids is 1. The zero-order chi connectivity index (χ0) is 14.0. The Morgan fingerprint density at radius 3 is 2.95 bits per heavy atom. The normalized spacial score (nSPS) is 25.2. The number of nitrogens with zero attached hydrogens (tertiary/aromatic N) is 1. The number of fused-ring (bicyclic) bond motifs is 1. The third-order valence-electron chi connectivity index (χ3n) is 3.03. The molecular formula is C11H14N2O5S. The number of carbonyl (C=O) groups excluding carboxylic acids is 2. The van der Waals surface area contributed by atoms with E-state index >= 15 is 0 Å². The van der Waals surface area contributed by atoms with Gasteiger partial charge in [-0.3, -0.25) is 9.59 Å². The summed E-state index contributed by atoms with van der Waals surface area (Å²) in [6, 6.07) is -0.0351. The van der Waals surface area contributed by atoms with E-state index < -0.39 is 11.9 Å². The molecule has 0 spiro atoms. The fourth-order valence-electron chi connectivity index (χ4n) is 2.16. The Kier molecular flexibility index (Phi) is 3.98. The number of rotatable bonds is 5. The van der Waals surface area contributed by atoms with Crippen molar-refractivity contribution in [3.63, 3.8) is 0 Å². The number of thioether (sulfide) groups is 1. The van der Waals surface area contributed by atoms with Gasteiger partial charge in [0.25, 0.3) is 0 Å². The molecule has 2 rings (SSSR count). The van der Waals surface area contributed by atoms with E-state index in [1.165, 1.54) is 18.7 Å². The van der Waals surface area contributed by atoms with Crippen molar-refractivity contribution < 1.29 is 24.2 Å². The van der Waals surface area contributed by atoms with E-state index in [-0.39, 0.29) is 23.7 Å². The summed E-state index contributed by atoms with van der Waals surface area (Å²) >= 11 is 1.53. The van der Waals surface area contributed by atoms with Crippen LogP contribution in [0.3, 0.4) is 0 Å². The second kappa shape index (κ2) is 5.52. The number of carboxylic acid groups (broad SMARTS) is 1. The van der Waals surface area contributed by atoms with E-state index in [2.05, 4.69) is 5.32 Å². The van der Waals surface area contributed by atoms with Crippen LogP contribution in [0, 0.1) is 0 Å². The molecule has 1 fully saturated rings. The SMILES string of the molecule is CC(=O)OCC1=C(C(=O)O)N2CC(NC=O)C2SC1. The lowest BCUT2D eigenvalue weighted by atomic mass is 10.0. The molecule has 0 aromatic carbocycles. The molecule has 0 aromatic rings. The van der Waals surface area contributed by atoms with Crippen LogP contribution in [0.5, 0.6) is 0 Å². The second-order valence-electron chi connectivity index (χ2n) is 4.28. The zero-order valence-electron chi connectivity index (χ0n) is 10.3. The summed E-state index contributed by atoms with van der Waals surface area (Å²) in [6.45, 7) is 1.74. The van der Waals surface area contributed by atoms with Gasteiger partial charge in [-0.15, -0.1) is 11.8 Å². The van der Waals surface area contributed by atoms with Gasteiger partial charge in [0.15, 0.2) is 0 Å². The standard InChI is InChI=1S/C11H14N2O5S/c1-6(15)18-3-7-4-19-10-8(12-5-14)2-13(10)9(7)11(16)17/h5,8,10H,2-4H2,1H3,(H,12,14)(H,16,17). The first-order valence-electron chi connectivity index (χ1n) is 5.71. The van der Waals surface area contributed by atoms with Crippen LogP contribution >= 0.6 is 11.8 Å². The summed E-state index contributed by atoms with van der Waals surface area (Å²) in [5.41, 5.74) is 0.780. The molecular weight excluding hydrogens is 272 g/mol. The quantitative estimate of drug-likeness (QED) is 0.514. The van der Waals surface area contributed by atoms with E-state index in [1.54, 1.807) is 4.90 Å². The molecule has 0 bridgehead atoms. The molecule has 1 amide bonds. The number of carbonyl (C=O) groups is 3. The summed E-state index contributed by atoms with van der Waals surface area (Å²) in [7, 11) is 0. The number of hydrogen-bond donors (Lipinski definition) is 2. The number of ether oxygens (including phenoxy) is 1. The minimum absolute atomic E-state index is 0.00103. The number of carboxylic acids is 1. The smallest absolute Gasteiger partial charge is 0.352 e. The first-order valence-corrected chi connectivity index (χ1v) is 6.76. The molecule has 2 heterocycles. The first kappa shape index (κ1) is 13.7. The minimum Gasteiger partial charge on any atom is -0.477 e. The van der Waals surface area contributed by atoms with Crippen LogP contribution < -0.4 is 5.32 Å². The first-order chi connectivity index (χ1) is 9.04. The van der Waals surface area contributed by atoms with Gasteiger partial charge in [0.1, 0.15) is 12.3 Å². The molecule has 2 aliphatic heterocycles. The van der Waals surface area contributed by atoms with Gasteiger partial charge in [-0.25, -0.2) is 4.79 Å². The topological polar surface area (TPSA) is 95.9 Å². The molecule has 2 atom stereocenters. The highest BCUT2D eigenvalue weighted by atomic mass is 32.2. The van der Waals surface area contributed by atoms with Crippen LogP contribution in [0.25, 0.3) is 0 Å². The van der Waals surface area contributed by atoms with E-state index in [4.69, 9.17) is 4.74 Å². The molecule has 0 radical (unpaired) electrons. The van der Waals surface area contributed by atoms with Crippen LogP contribution in [-0.4, -0.2) is 58.7 Å². The van der Waals surface area contributed by atoms with Gasteiger partial charge in [0.05, 0.1) is 11.4 Å². The molecule has 0 saturated carbocycles. The van der Waals surface area contributed by atoms with Crippen LogP contribution in [0.2, 0.25) is 0 Å². The summed E-state index contributed by atoms with van der Waals surface area (Å²) in [4.78, 5) is 34.3. The Hall–Kier alpha value is -1.70. The van der Waals surface area contributed by atoms with Crippen molar-refractivity contribution >= 4 is 30.1 Å². The predicted molar refractivity (Wildman–Crippen MR) is 67.2 cm³/mol. The summed E-state index contributed by atoms with van der Waals surface area (Å²) in [5, 5.41) is 11.9. The highest BCUT2D eigenvalue weighted by Crippen LogP contribution is 2.39. The maximum atomic E-state index is 11.3. The van der Waals surface area contributed by atoms with E-state index in [0.717, 1.165) is 0 Å². The maximum absolute atomic E-state index is 11.3. The highest BCUT2D eigenvalue weighted by molar-refractivity contribution is 8.00. The van der Waals surface area contributed by atoms with Gasteiger partial charge in [-0.1, -0.05) is 0 Å². The average Bonchev–Trinajstić information content (AvgIpc) is 2.32. The van der Waals surface area contributed by atoms with Gasteiger partial charge in [-0.2, -0.15) is 0 Å². The van der Waals surface area contributed by atoms with Crippen molar-refractivity contribution in [2.24, 2.45) is 0 Å². The molecule has 2 N–H and O–H groups in total. The Morgan fingerprint density at radius 1 is 1.63 bits per heavy atom. The van der Waals surface area contributed by atoms with Crippen LogP contribution in [0.4, 0.5) is 0 Å². The van der Waals surface area contributed by atoms with Gasteiger partial charge < -0.3 is 20.1 Å². The molecule has 2 unspecified atom stereocenters. The molecule has 104 valence electrons. The summed E-state index contributed by atoms with van der Waals surface area (Å²) < 4.78 is 4.87. The predicted octanol–water partition coefficient (Wildman–Crippen LogP) is -0.609. The highest BCUT2D eigenvalue weighted by Gasteiger charge is 2.45. The molecule has 0 aliphatic carbocycles. The monoisotopic (exact) mass is 286 g/mol. The molecule has 7 nitrogen and oxygen atoms in total. The maximum Gasteiger partial charge on any atom is 0.352 e. The molecule has 19 heavy (non-hydrogen) atoms. The van der Waals surface area contributed by atoms with E-state index in [9.17, 15) is 19.5 Å². The Balaban J connectivity index is 2.12. The number of nitrogens with one attached hydrogen (secondary N) is 1. The summed E-state index contributed by atoms with van der Waals surface area (Å²) in [6.07, 6.45) is 0.626. The number of esters is 1. The van der Waals surface area contributed by atoms with Gasteiger partial charge >= 0.3 is 11.9 Å². The van der Waals surface area contributed by atoms with Crippen LogP contribution in [0.15, 0.2) is 11.3 Å². The Labute approximate surface area is 114 Å². The van der Waals surface area contributed by atoms with Crippen molar-refractivity contribution in [3.8, 4) is 0 Å². The largest absolute Gasteiger partial charge is 0.477 e. The van der Waals surface area contributed by atoms with E-state index in [0.29, 0.717) is 24.3 Å². The lowest BCUT2D eigenvalue weighted by Gasteiger charge is -2.51. The summed E-state index contributed by atoms with van der Waals surface area (Å²) in [5.74, 6) is -0.988. The number of hydrogen-bond acceptors (Lipinski definition) is 6. The van der Waals surface area contributed by atoms with Crippen LogP contribution in [0.1, 0.15) is 6.92 Å². The van der Waals surface area contributed by atoms with Crippen molar-refractivity contribution in [1.29, 1.82) is 0 Å². The molecule has 8 heteroatoms. The Morgan fingerprint density at radius 2 is 2.37 bits per heavy atom. The fraction of sp³-hybridized carbons (Fsp3) is 0.545. The molecule has 2 aliphatic rings. The lowest BCUT2D eigenvalue weighted by Crippen LogP contribution is -2.65. The average molecular weight is 286 g/mol. The van der Waals surface area contributed by atoms with Crippen molar-refractivity contribution in [3.05, 3.63) is 11.3 Å². The van der Waals surface area contributed by atoms with Gasteiger partial charge in [-0.05, 0) is 0 Å². The third-order valence-corrected chi connectivity index (χ3v) is 4.47. The van der Waals surface area contributed by atoms with Gasteiger partial charge in [0, 0.05) is 24.8 Å². The zero-order valence-corrected chi connectivity index (χ0v) is 11.1. The van der Waals surface area contributed by atoms with Crippen molar-refractivity contribution in [2.45, 2.75) is 18.3 Å². The third kappa shape index (κ3) is 2.67. The minimum atomic E-state index is -1.03. The van der Waals surface area contributed by atoms with Crippen molar-refractivity contribution in [2.75, 3.05) is 18.9 Å². The van der Waals surface area contributed by atoms with E-state index in [1.807, 2.05) is 0 Å². The second-order valence-corrected chi connectivity index (χ2v) is 5.39.